The second kappa shape index (κ2) is 7.82. The van der Waals surface area contributed by atoms with E-state index in [1.807, 2.05) is 17.5 Å². The molecule has 3 nitrogen and oxygen atoms in total. The number of rotatable bonds is 7. The molecular weight excluding hydrogens is 268 g/mol. The Morgan fingerprint density at radius 3 is 2.50 bits per heavy atom. The summed E-state index contributed by atoms with van der Waals surface area (Å²) < 4.78 is 0. The van der Waals surface area contributed by atoms with Gasteiger partial charge in [0.25, 0.3) is 5.91 Å². The van der Waals surface area contributed by atoms with Crippen molar-refractivity contribution in [3.05, 3.63) is 57.8 Å². The zero-order chi connectivity index (χ0) is 14.2. The minimum atomic E-state index is 0.00842. The minimum absolute atomic E-state index is 0.00842. The molecule has 4 heteroatoms. The second-order valence-electron chi connectivity index (χ2n) is 4.58. The molecule has 1 aromatic heterocycles. The Morgan fingerprint density at radius 1 is 1.10 bits per heavy atom. The predicted molar refractivity (Wildman–Crippen MR) is 84.2 cm³/mol. The first kappa shape index (κ1) is 14.8. The molecule has 1 heterocycles. The van der Waals surface area contributed by atoms with Gasteiger partial charge >= 0.3 is 0 Å². The monoisotopic (exact) mass is 288 g/mol. The average Bonchev–Trinajstić information content (AvgIpc) is 3.01. The van der Waals surface area contributed by atoms with E-state index in [0.717, 1.165) is 24.4 Å². The molecule has 0 atom stereocenters. The first-order chi connectivity index (χ1) is 9.79. The van der Waals surface area contributed by atoms with Crippen LogP contribution in [0, 0.1) is 0 Å². The lowest BCUT2D eigenvalue weighted by Gasteiger charge is -2.07. The lowest BCUT2D eigenvalue weighted by Crippen LogP contribution is -2.31. The van der Waals surface area contributed by atoms with Crippen molar-refractivity contribution in [2.75, 3.05) is 13.1 Å². The highest BCUT2D eigenvalue weighted by atomic mass is 32.1. The SMILES string of the molecule is CCc1ccc(CNCCNC(=O)c2cccs2)cc1. The summed E-state index contributed by atoms with van der Waals surface area (Å²) in [5.41, 5.74) is 2.63. The van der Waals surface area contributed by atoms with Gasteiger partial charge < -0.3 is 10.6 Å². The van der Waals surface area contributed by atoms with E-state index >= 15 is 0 Å². The van der Waals surface area contributed by atoms with E-state index in [2.05, 4.69) is 41.8 Å². The topological polar surface area (TPSA) is 41.1 Å². The second-order valence-corrected chi connectivity index (χ2v) is 5.53. The molecule has 0 unspecified atom stereocenters. The van der Waals surface area contributed by atoms with Gasteiger partial charge in [0.2, 0.25) is 0 Å². The molecule has 2 aromatic rings. The summed E-state index contributed by atoms with van der Waals surface area (Å²) in [5, 5.41) is 8.14. The summed E-state index contributed by atoms with van der Waals surface area (Å²) in [7, 11) is 0. The first-order valence-corrected chi connectivity index (χ1v) is 7.78. The maximum absolute atomic E-state index is 11.7. The molecule has 0 fully saturated rings. The van der Waals surface area contributed by atoms with E-state index in [1.165, 1.54) is 22.5 Å². The van der Waals surface area contributed by atoms with Gasteiger partial charge in [0.05, 0.1) is 4.88 Å². The van der Waals surface area contributed by atoms with E-state index in [-0.39, 0.29) is 5.91 Å². The minimum Gasteiger partial charge on any atom is -0.350 e. The van der Waals surface area contributed by atoms with Crippen LogP contribution < -0.4 is 10.6 Å². The van der Waals surface area contributed by atoms with Crippen molar-refractivity contribution in [3.8, 4) is 0 Å². The summed E-state index contributed by atoms with van der Waals surface area (Å²) in [5.74, 6) is 0.00842. The van der Waals surface area contributed by atoms with Crippen molar-refractivity contribution in [1.82, 2.24) is 10.6 Å². The van der Waals surface area contributed by atoms with Gasteiger partial charge in [-0.05, 0) is 29.0 Å². The highest BCUT2D eigenvalue weighted by Crippen LogP contribution is 2.07. The Balaban J connectivity index is 1.62. The van der Waals surface area contributed by atoms with Crippen LogP contribution in [0.15, 0.2) is 41.8 Å². The fraction of sp³-hybridized carbons (Fsp3) is 0.312. The Morgan fingerprint density at radius 2 is 1.85 bits per heavy atom. The van der Waals surface area contributed by atoms with Crippen molar-refractivity contribution in [2.24, 2.45) is 0 Å². The van der Waals surface area contributed by atoms with Crippen LogP contribution in [-0.2, 0) is 13.0 Å². The van der Waals surface area contributed by atoms with Crippen molar-refractivity contribution in [1.29, 1.82) is 0 Å². The standard InChI is InChI=1S/C16H20N2OS/c1-2-13-5-7-14(8-6-13)12-17-9-10-18-16(19)15-4-3-11-20-15/h3-8,11,17H,2,9-10,12H2,1H3,(H,18,19). The van der Waals surface area contributed by atoms with Crippen LogP contribution in [-0.4, -0.2) is 19.0 Å². The number of aryl methyl sites for hydroxylation is 1. The molecule has 2 N–H and O–H groups in total. The summed E-state index contributed by atoms with van der Waals surface area (Å²) in [4.78, 5) is 12.4. The Kier molecular flexibility index (Phi) is 5.77. The number of carbonyl (C=O) groups excluding carboxylic acids is 1. The average molecular weight is 288 g/mol. The van der Waals surface area contributed by atoms with Gasteiger partial charge in [0, 0.05) is 19.6 Å². The van der Waals surface area contributed by atoms with Crippen LogP contribution in [0.2, 0.25) is 0 Å². The van der Waals surface area contributed by atoms with Crippen molar-refractivity contribution in [2.45, 2.75) is 19.9 Å². The van der Waals surface area contributed by atoms with Crippen molar-refractivity contribution >= 4 is 17.2 Å². The van der Waals surface area contributed by atoms with Gasteiger partial charge in [-0.15, -0.1) is 11.3 Å². The van der Waals surface area contributed by atoms with E-state index < -0.39 is 0 Å². The molecule has 0 bridgehead atoms. The van der Waals surface area contributed by atoms with Gasteiger partial charge in [-0.25, -0.2) is 0 Å². The lowest BCUT2D eigenvalue weighted by atomic mass is 10.1. The molecule has 0 spiro atoms. The zero-order valence-corrected chi connectivity index (χ0v) is 12.5. The molecule has 106 valence electrons. The number of carbonyl (C=O) groups is 1. The van der Waals surface area contributed by atoms with Crippen LogP contribution in [0.4, 0.5) is 0 Å². The summed E-state index contributed by atoms with van der Waals surface area (Å²) in [6.07, 6.45) is 1.07. The van der Waals surface area contributed by atoms with E-state index in [4.69, 9.17) is 0 Å². The van der Waals surface area contributed by atoms with Crippen molar-refractivity contribution < 1.29 is 4.79 Å². The van der Waals surface area contributed by atoms with E-state index in [9.17, 15) is 4.79 Å². The number of benzene rings is 1. The van der Waals surface area contributed by atoms with Gasteiger partial charge in [0.15, 0.2) is 0 Å². The molecule has 0 aliphatic rings. The molecule has 2 rings (SSSR count). The Hall–Kier alpha value is -1.65. The normalized spacial score (nSPS) is 10.4. The number of nitrogens with one attached hydrogen (secondary N) is 2. The molecule has 0 aliphatic carbocycles. The highest BCUT2D eigenvalue weighted by Gasteiger charge is 2.04. The summed E-state index contributed by atoms with van der Waals surface area (Å²) in [6, 6.07) is 12.3. The van der Waals surface area contributed by atoms with Crippen LogP contribution in [0.1, 0.15) is 27.7 Å². The fourth-order valence-corrected chi connectivity index (χ4v) is 2.52. The van der Waals surface area contributed by atoms with Gasteiger partial charge in [0.1, 0.15) is 0 Å². The maximum atomic E-state index is 11.7. The van der Waals surface area contributed by atoms with Gasteiger partial charge in [-0.2, -0.15) is 0 Å². The molecule has 20 heavy (non-hydrogen) atoms. The van der Waals surface area contributed by atoms with Crippen molar-refractivity contribution in [3.63, 3.8) is 0 Å². The summed E-state index contributed by atoms with van der Waals surface area (Å²) in [6.45, 7) is 4.40. The summed E-state index contributed by atoms with van der Waals surface area (Å²) >= 11 is 1.46. The highest BCUT2D eigenvalue weighted by molar-refractivity contribution is 7.12. The van der Waals surface area contributed by atoms with Gasteiger partial charge in [-0.3, -0.25) is 4.79 Å². The van der Waals surface area contributed by atoms with E-state index in [0.29, 0.717) is 6.54 Å². The fourth-order valence-electron chi connectivity index (χ4n) is 1.88. The van der Waals surface area contributed by atoms with Crippen LogP contribution >= 0.6 is 11.3 Å². The smallest absolute Gasteiger partial charge is 0.261 e. The van der Waals surface area contributed by atoms with Crippen LogP contribution in [0.25, 0.3) is 0 Å². The number of thiophene rings is 1. The molecule has 0 saturated heterocycles. The molecule has 1 amide bonds. The third kappa shape index (κ3) is 4.47. The lowest BCUT2D eigenvalue weighted by molar-refractivity contribution is 0.0958. The zero-order valence-electron chi connectivity index (χ0n) is 11.7. The van der Waals surface area contributed by atoms with Crippen LogP contribution in [0.3, 0.4) is 0 Å². The predicted octanol–water partition coefficient (Wildman–Crippen LogP) is 2.83. The van der Waals surface area contributed by atoms with E-state index in [1.54, 1.807) is 0 Å². The first-order valence-electron chi connectivity index (χ1n) is 6.90. The Labute approximate surface area is 124 Å². The quantitative estimate of drug-likeness (QED) is 0.769. The van der Waals surface area contributed by atoms with Gasteiger partial charge in [-0.1, -0.05) is 37.3 Å². The number of hydrogen-bond acceptors (Lipinski definition) is 3. The molecule has 0 aliphatic heterocycles. The molecule has 0 radical (unpaired) electrons. The number of amides is 1. The third-order valence-electron chi connectivity index (χ3n) is 3.09. The molecule has 0 saturated carbocycles. The largest absolute Gasteiger partial charge is 0.350 e. The Bertz CT molecular complexity index is 520. The number of hydrogen-bond donors (Lipinski definition) is 2. The third-order valence-corrected chi connectivity index (χ3v) is 3.96. The molecule has 1 aromatic carbocycles. The molecular formula is C16H20N2OS. The maximum Gasteiger partial charge on any atom is 0.261 e. The van der Waals surface area contributed by atoms with Crippen LogP contribution in [0.5, 0.6) is 0 Å².